The van der Waals surface area contributed by atoms with Crippen LogP contribution in [0.5, 0.6) is 0 Å². The second kappa shape index (κ2) is 13.3. The first-order valence-electron chi connectivity index (χ1n) is 13.7. The summed E-state index contributed by atoms with van der Waals surface area (Å²) in [5, 5.41) is 19.8. The van der Waals surface area contributed by atoms with E-state index in [1.165, 1.54) is 12.4 Å². The first kappa shape index (κ1) is 30.8. The number of nitrogens with zero attached hydrogens (tertiary/aromatic N) is 5. The van der Waals surface area contributed by atoms with E-state index in [-0.39, 0.29) is 45.4 Å². The SMILES string of the molecule is CCO[C@H]1CN(c2nc(-c3cnc(NCCN4CCNC4=O)cn3)c(C(=O)O)s2)CC[C@H]1NC(=O)c1[nH]c(C)c(Cl)c1Cl. The molecule has 2 fully saturated rings. The number of anilines is 2. The average Bonchev–Trinajstić information content (AvgIpc) is 3.69. The van der Waals surface area contributed by atoms with Crippen LogP contribution in [0.25, 0.3) is 11.4 Å². The maximum Gasteiger partial charge on any atom is 0.348 e. The zero-order chi connectivity index (χ0) is 30.7. The predicted molar refractivity (Wildman–Crippen MR) is 163 cm³/mol. The Balaban J connectivity index is 1.26. The molecule has 5 heterocycles. The number of urea groups is 1. The highest BCUT2D eigenvalue weighted by Crippen LogP contribution is 2.34. The van der Waals surface area contributed by atoms with Gasteiger partial charge in [-0.15, -0.1) is 0 Å². The summed E-state index contributed by atoms with van der Waals surface area (Å²) in [5.74, 6) is -1.00. The van der Waals surface area contributed by atoms with Gasteiger partial charge in [-0.25, -0.2) is 24.5 Å². The summed E-state index contributed by atoms with van der Waals surface area (Å²) in [6.45, 7) is 7.20. The number of aromatic carboxylic acids is 1. The second-order valence-corrected chi connectivity index (χ2v) is 11.7. The molecule has 230 valence electrons. The minimum atomic E-state index is -1.12. The first-order valence-corrected chi connectivity index (χ1v) is 15.3. The Labute approximate surface area is 261 Å². The molecule has 2 atom stereocenters. The molecule has 43 heavy (non-hydrogen) atoms. The zero-order valence-corrected chi connectivity index (χ0v) is 25.8. The molecule has 0 saturated carbocycles. The minimum absolute atomic E-state index is 0.0436. The van der Waals surface area contributed by atoms with Crippen molar-refractivity contribution in [2.45, 2.75) is 32.4 Å². The Bertz CT molecular complexity index is 1500. The van der Waals surface area contributed by atoms with Crippen molar-refractivity contribution in [1.29, 1.82) is 0 Å². The smallest absolute Gasteiger partial charge is 0.348 e. The van der Waals surface area contributed by atoms with E-state index in [0.29, 0.717) is 79.7 Å². The molecule has 3 aromatic rings. The lowest BCUT2D eigenvalue weighted by atomic mass is 10.0. The number of carboxylic acid groups (broad SMARTS) is 1. The van der Waals surface area contributed by atoms with E-state index in [0.717, 1.165) is 11.3 Å². The number of rotatable bonds is 11. The fraction of sp³-hybridized carbons (Fsp3) is 0.462. The molecular formula is C26H31Cl2N9O5S. The molecule has 3 aromatic heterocycles. The molecule has 0 unspecified atom stereocenters. The average molecular weight is 653 g/mol. The number of carbonyl (C=O) groups excluding carboxylic acids is 2. The third-order valence-electron chi connectivity index (χ3n) is 7.15. The zero-order valence-electron chi connectivity index (χ0n) is 23.4. The van der Waals surface area contributed by atoms with E-state index in [2.05, 4.69) is 35.9 Å². The lowest BCUT2D eigenvalue weighted by Gasteiger charge is -2.38. The van der Waals surface area contributed by atoms with Crippen molar-refractivity contribution in [3.05, 3.63) is 38.7 Å². The Morgan fingerprint density at radius 1 is 1.23 bits per heavy atom. The van der Waals surface area contributed by atoms with E-state index >= 15 is 0 Å². The molecule has 2 saturated heterocycles. The maximum atomic E-state index is 13.0. The van der Waals surface area contributed by atoms with Crippen LogP contribution in [0, 0.1) is 6.92 Å². The molecular weight excluding hydrogens is 621 g/mol. The van der Waals surface area contributed by atoms with Crippen LogP contribution < -0.4 is 20.9 Å². The van der Waals surface area contributed by atoms with Gasteiger partial charge in [-0.2, -0.15) is 0 Å². The van der Waals surface area contributed by atoms with Crippen molar-refractivity contribution in [1.82, 2.24) is 35.5 Å². The molecule has 5 N–H and O–H groups in total. The molecule has 2 aliphatic heterocycles. The van der Waals surface area contributed by atoms with E-state index in [9.17, 15) is 19.5 Å². The Morgan fingerprint density at radius 2 is 2.05 bits per heavy atom. The number of halogens is 2. The van der Waals surface area contributed by atoms with Gasteiger partial charge in [0.25, 0.3) is 5.91 Å². The van der Waals surface area contributed by atoms with Crippen molar-refractivity contribution in [2.24, 2.45) is 0 Å². The van der Waals surface area contributed by atoms with Gasteiger partial charge < -0.3 is 40.6 Å². The molecule has 3 amide bonds. The van der Waals surface area contributed by atoms with Crippen LogP contribution in [0.3, 0.4) is 0 Å². The number of thiazole rings is 1. The minimum Gasteiger partial charge on any atom is -0.477 e. The Hall–Kier alpha value is -3.66. The van der Waals surface area contributed by atoms with Crippen molar-refractivity contribution < 1.29 is 24.2 Å². The van der Waals surface area contributed by atoms with E-state index < -0.39 is 5.97 Å². The summed E-state index contributed by atoms with van der Waals surface area (Å²) in [7, 11) is 0. The highest BCUT2D eigenvalue weighted by atomic mass is 35.5. The van der Waals surface area contributed by atoms with Gasteiger partial charge in [-0.1, -0.05) is 34.5 Å². The number of nitrogens with one attached hydrogen (secondary N) is 4. The van der Waals surface area contributed by atoms with Gasteiger partial charge in [-0.05, 0) is 20.3 Å². The number of carbonyl (C=O) groups is 3. The number of ether oxygens (including phenoxy) is 1. The van der Waals surface area contributed by atoms with Crippen LogP contribution in [-0.2, 0) is 4.74 Å². The summed E-state index contributed by atoms with van der Waals surface area (Å²) in [4.78, 5) is 56.8. The monoisotopic (exact) mass is 651 g/mol. The van der Waals surface area contributed by atoms with Crippen molar-refractivity contribution in [2.75, 3.05) is 56.1 Å². The number of piperidine rings is 1. The van der Waals surface area contributed by atoms with E-state index in [1.54, 1.807) is 11.8 Å². The second-order valence-electron chi connectivity index (χ2n) is 9.97. The van der Waals surface area contributed by atoms with Crippen LogP contribution in [0.1, 0.15) is 39.2 Å². The Kier molecular flexibility index (Phi) is 9.54. The molecule has 14 nitrogen and oxygen atoms in total. The van der Waals surface area contributed by atoms with Gasteiger partial charge in [0.1, 0.15) is 27.8 Å². The number of hydrogen-bond acceptors (Lipinski definition) is 10. The number of carboxylic acids is 1. The molecule has 5 rings (SSSR count). The highest BCUT2D eigenvalue weighted by Gasteiger charge is 2.34. The standard InChI is InChI=1S/C26H31Cl2N9O5S/c1-3-42-16-12-37(7-4-14(16)34-23(38)21-19(28)18(27)13(2)33-21)26-35-20(22(43-26)24(39)40)15-10-32-17(11-31-15)29-5-8-36-9-6-30-25(36)41/h10-11,14,16,33H,3-9,12H2,1-2H3,(H,29,32)(H,30,41)(H,34,38)(H,39,40)/t14-,16+/m1/s1. The molecule has 0 aromatic carbocycles. The number of hydrogen-bond donors (Lipinski definition) is 5. The summed E-state index contributed by atoms with van der Waals surface area (Å²) >= 11 is 13.4. The quantitative estimate of drug-likeness (QED) is 0.207. The summed E-state index contributed by atoms with van der Waals surface area (Å²) in [6, 6.07) is -0.404. The van der Waals surface area contributed by atoms with Crippen LogP contribution in [0.4, 0.5) is 15.7 Å². The highest BCUT2D eigenvalue weighted by molar-refractivity contribution is 7.17. The van der Waals surface area contributed by atoms with Crippen LogP contribution in [0.2, 0.25) is 10.0 Å². The van der Waals surface area contributed by atoms with Crippen molar-refractivity contribution >= 4 is 63.4 Å². The predicted octanol–water partition coefficient (Wildman–Crippen LogP) is 3.09. The largest absolute Gasteiger partial charge is 0.477 e. The van der Waals surface area contributed by atoms with E-state index in [1.807, 2.05) is 11.8 Å². The van der Waals surface area contributed by atoms with Gasteiger partial charge in [0.2, 0.25) is 0 Å². The fourth-order valence-corrected chi connectivity index (χ4v) is 6.32. The van der Waals surface area contributed by atoms with Crippen LogP contribution in [0.15, 0.2) is 12.4 Å². The van der Waals surface area contributed by atoms with Crippen LogP contribution in [-0.4, -0.2) is 106 Å². The van der Waals surface area contributed by atoms with Gasteiger partial charge in [0, 0.05) is 51.6 Å². The van der Waals surface area contributed by atoms with Gasteiger partial charge >= 0.3 is 12.0 Å². The van der Waals surface area contributed by atoms with Gasteiger partial charge in [0.15, 0.2) is 5.13 Å². The summed E-state index contributed by atoms with van der Waals surface area (Å²) in [5.41, 5.74) is 1.34. The maximum absolute atomic E-state index is 13.0. The van der Waals surface area contributed by atoms with Gasteiger partial charge in [0.05, 0.1) is 34.6 Å². The third kappa shape index (κ3) is 6.79. The fourth-order valence-electron chi connectivity index (χ4n) is 4.95. The molecule has 0 radical (unpaired) electrons. The number of H-pyrrole nitrogens is 1. The lowest BCUT2D eigenvalue weighted by Crippen LogP contribution is -2.55. The summed E-state index contributed by atoms with van der Waals surface area (Å²) < 4.78 is 5.98. The Morgan fingerprint density at radius 3 is 2.67 bits per heavy atom. The number of aryl methyl sites for hydroxylation is 1. The lowest BCUT2D eigenvalue weighted by molar-refractivity contribution is 0.0272. The normalized spacial score (nSPS) is 18.6. The number of aromatic nitrogens is 4. The van der Waals surface area contributed by atoms with E-state index in [4.69, 9.17) is 27.9 Å². The topological polar surface area (TPSA) is 178 Å². The van der Waals surface area contributed by atoms with Crippen molar-refractivity contribution in [3.63, 3.8) is 0 Å². The molecule has 17 heteroatoms. The van der Waals surface area contributed by atoms with Crippen LogP contribution >= 0.6 is 34.5 Å². The molecule has 2 aliphatic rings. The third-order valence-corrected chi connectivity index (χ3v) is 9.20. The summed E-state index contributed by atoms with van der Waals surface area (Å²) in [6.07, 6.45) is 3.12. The first-order chi connectivity index (χ1) is 20.7. The molecule has 0 aliphatic carbocycles. The molecule has 0 bridgehead atoms. The van der Waals surface area contributed by atoms with Crippen molar-refractivity contribution in [3.8, 4) is 11.4 Å². The van der Waals surface area contributed by atoms with Gasteiger partial charge in [-0.3, -0.25) is 4.79 Å². The number of amides is 3. The number of aromatic amines is 1. The molecule has 0 spiro atoms.